The first-order chi connectivity index (χ1) is 8.60. The molecule has 5 heteroatoms. The van der Waals surface area contributed by atoms with E-state index in [4.69, 9.17) is 33.2 Å². The number of nitrogens with zero attached hydrogens (tertiary/aromatic N) is 1. The Kier molecular flexibility index (Phi) is 4.13. The number of rotatable bonds is 2. The first kappa shape index (κ1) is 13.2. The molecule has 2 nitrogen and oxygen atoms in total. The standard InChI is InChI=1S/C13H6BrCl2NO/c14-12-2-1-3-13(11(12)7-17)18-10-5-8(15)4-9(16)6-10/h1-6H. The summed E-state index contributed by atoms with van der Waals surface area (Å²) in [4.78, 5) is 0. The van der Waals surface area contributed by atoms with Crippen LogP contribution in [-0.4, -0.2) is 0 Å². The van der Waals surface area contributed by atoms with Crippen LogP contribution in [0.15, 0.2) is 40.9 Å². The Morgan fingerprint density at radius 1 is 1.11 bits per heavy atom. The molecule has 2 aromatic carbocycles. The maximum absolute atomic E-state index is 9.07. The molecule has 0 fully saturated rings. The summed E-state index contributed by atoms with van der Waals surface area (Å²) in [5.74, 6) is 0.937. The lowest BCUT2D eigenvalue weighted by molar-refractivity contribution is 0.481. The molecule has 0 spiro atoms. The molecule has 0 aliphatic rings. The molecule has 0 N–H and O–H groups in total. The Morgan fingerprint density at radius 3 is 2.39 bits per heavy atom. The SMILES string of the molecule is N#Cc1c(Br)cccc1Oc1cc(Cl)cc(Cl)c1. The van der Waals surface area contributed by atoms with Crippen LogP contribution in [0.1, 0.15) is 5.56 Å². The predicted octanol–water partition coefficient (Wildman–Crippen LogP) is 5.42. The van der Waals surface area contributed by atoms with Crippen molar-refractivity contribution in [2.45, 2.75) is 0 Å². The topological polar surface area (TPSA) is 33.0 Å². The van der Waals surface area contributed by atoms with Gasteiger partial charge in [0.2, 0.25) is 0 Å². The van der Waals surface area contributed by atoms with E-state index < -0.39 is 0 Å². The third kappa shape index (κ3) is 2.97. The van der Waals surface area contributed by atoms with Crippen molar-refractivity contribution in [3.05, 3.63) is 56.5 Å². The molecule has 0 bridgehead atoms. The molecule has 0 atom stereocenters. The molecule has 0 aliphatic carbocycles. The Morgan fingerprint density at radius 2 is 1.78 bits per heavy atom. The molecule has 0 aliphatic heterocycles. The van der Waals surface area contributed by atoms with Gasteiger partial charge in [-0.1, -0.05) is 29.3 Å². The second-order valence-corrected chi connectivity index (χ2v) is 5.16. The Bertz CT molecular complexity index is 617. The van der Waals surface area contributed by atoms with Crippen LogP contribution >= 0.6 is 39.1 Å². The van der Waals surface area contributed by atoms with Crippen molar-refractivity contribution >= 4 is 39.1 Å². The molecular weight excluding hydrogens is 337 g/mol. The zero-order valence-corrected chi connectivity index (χ0v) is 12.1. The Labute approximate surface area is 123 Å². The van der Waals surface area contributed by atoms with E-state index in [1.54, 1.807) is 36.4 Å². The minimum Gasteiger partial charge on any atom is -0.456 e. The van der Waals surface area contributed by atoms with Gasteiger partial charge < -0.3 is 4.74 Å². The fourth-order valence-corrected chi connectivity index (χ4v) is 2.36. The molecule has 2 aromatic rings. The Hall–Kier alpha value is -1.21. The smallest absolute Gasteiger partial charge is 0.146 e. The van der Waals surface area contributed by atoms with Crippen LogP contribution in [0.3, 0.4) is 0 Å². The van der Waals surface area contributed by atoms with E-state index in [2.05, 4.69) is 22.0 Å². The van der Waals surface area contributed by atoms with Gasteiger partial charge >= 0.3 is 0 Å². The summed E-state index contributed by atoms with van der Waals surface area (Å²) in [6.45, 7) is 0. The highest BCUT2D eigenvalue weighted by molar-refractivity contribution is 9.10. The molecule has 0 saturated carbocycles. The van der Waals surface area contributed by atoms with Crippen LogP contribution in [0.5, 0.6) is 11.5 Å². The van der Waals surface area contributed by atoms with Gasteiger partial charge in [-0.15, -0.1) is 0 Å². The number of hydrogen-bond donors (Lipinski definition) is 0. The molecule has 0 saturated heterocycles. The average Bonchev–Trinajstić information content (AvgIpc) is 2.27. The van der Waals surface area contributed by atoms with E-state index in [9.17, 15) is 0 Å². The van der Waals surface area contributed by atoms with Gasteiger partial charge in [0.05, 0.1) is 0 Å². The van der Waals surface area contributed by atoms with Gasteiger partial charge in [0, 0.05) is 14.5 Å². The second kappa shape index (κ2) is 5.62. The number of halogens is 3. The van der Waals surface area contributed by atoms with Crippen molar-refractivity contribution in [2.75, 3.05) is 0 Å². The lowest BCUT2D eigenvalue weighted by Gasteiger charge is -2.09. The maximum Gasteiger partial charge on any atom is 0.146 e. The quantitative estimate of drug-likeness (QED) is 0.730. The van der Waals surface area contributed by atoms with Gasteiger partial charge in [-0.25, -0.2) is 0 Å². The number of ether oxygens (including phenoxy) is 1. The van der Waals surface area contributed by atoms with Crippen molar-refractivity contribution in [1.29, 1.82) is 5.26 Å². The van der Waals surface area contributed by atoms with Crippen LogP contribution in [0, 0.1) is 11.3 Å². The number of hydrogen-bond acceptors (Lipinski definition) is 2. The average molecular weight is 343 g/mol. The highest BCUT2D eigenvalue weighted by Gasteiger charge is 2.09. The van der Waals surface area contributed by atoms with Crippen molar-refractivity contribution in [3.8, 4) is 17.6 Å². The third-order valence-corrected chi connectivity index (χ3v) is 3.25. The summed E-state index contributed by atoms with van der Waals surface area (Å²) < 4.78 is 6.30. The first-order valence-electron chi connectivity index (χ1n) is 4.92. The molecule has 18 heavy (non-hydrogen) atoms. The van der Waals surface area contributed by atoms with Crippen molar-refractivity contribution in [2.24, 2.45) is 0 Å². The third-order valence-electron chi connectivity index (χ3n) is 2.15. The number of nitriles is 1. The van der Waals surface area contributed by atoms with E-state index >= 15 is 0 Å². The fraction of sp³-hybridized carbons (Fsp3) is 0. The van der Waals surface area contributed by atoms with Crippen LogP contribution in [0.2, 0.25) is 10.0 Å². The lowest BCUT2D eigenvalue weighted by Crippen LogP contribution is -1.89. The van der Waals surface area contributed by atoms with Gasteiger partial charge in [0.25, 0.3) is 0 Å². The molecule has 0 heterocycles. The zero-order valence-electron chi connectivity index (χ0n) is 8.95. The van der Waals surface area contributed by atoms with Gasteiger partial charge in [-0.05, 0) is 46.3 Å². The summed E-state index contributed by atoms with van der Waals surface area (Å²) in [6, 6.07) is 12.2. The van der Waals surface area contributed by atoms with Crippen LogP contribution in [0.25, 0.3) is 0 Å². The van der Waals surface area contributed by atoms with Gasteiger partial charge in [0.1, 0.15) is 23.1 Å². The minimum absolute atomic E-state index is 0.425. The van der Waals surface area contributed by atoms with Crippen molar-refractivity contribution in [1.82, 2.24) is 0 Å². The lowest BCUT2D eigenvalue weighted by atomic mass is 10.2. The highest BCUT2D eigenvalue weighted by Crippen LogP contribution is 2.32. The summed E-state index contributed by atoms with van der Waals surface area (Å²) in [5, 5.41) is 10.0. The van der Waals surface area contributed by atoms with Gasteiger partial charge in [-0.2, -0.15) is 5.26 Å². The van der Waals surface area contributed by atoms with Gasteiger partial charge in [0.15, 0.2) is 0 Å². The molecule has 0 radical (unpaired) electrons. The molecular formula is C13H6BrCl2NO. The molecule has 0 amide bonds. The molecule has 0 unspecified atom stereocenters. The van der Waals surface area contributed by atoms with Gasteiger partial charge in [-0.3, -0.25) is 0 Å². The van der Waals surface area contributed by atoms with Crippen LogP contribution in [0.4, 0.5) is 0 Å². The van der Waals surface area contributed by atoms with E-state index in [0.29, 0.717) is 31.6 Å². The Balaban J connectivity index is 2.40. The summed E-state index contributed by atoms with van der Waals surface area (Å²) >= 11 is 15.1. The molecule has 2 rings (SSSR count). The number of benzene rings is 2. The zero-order chi connectivity index (χ0) is 13.1. The van der Waals surface area contributed by atoms with E-state index in [1.807, 2.05) is 0 Å². The minimum atomic E-state index is 0.425. The second-order valence-electron chi connectivity index (χ2n) is 3.43. The van der Waals surface area contributed by atoms with Crippen LogP contribution in [-0.2, 0) is 0 Å². The first-order valence-corrected chi connectivity index (χ1v) is 6.47. The van der Waals surface area contributed by atoms with Crippen molar-refractivity contribution in [3.63, 3.8) is 0 Å². The highest BCUT2D eigenvalue weighted by atomic mass is 79.9. The summed E-state index contributed by atoms with van der Waals surface area (Å²) in [7, 11) is 0. The van der Waals surface area contributed by atoms with E-state index in [-0.39, 0.29) is 0 Å². The summed E-state index contributed by atoms with van der Waals surface area (Å²) in [6.07, 6.45) is 0. The normalized spacial score (nSPS) is 9.89. The molecule has 90 valence electrons. The van der Waals surface area contributed by atoms with E-state index in [0.717, 1.165) is 0 Å². The monoisotopic (exact) mass is 341 g/mol. The van der Waals surface area contributed by atoms with Crippen LogP contribution < -0.4 is 4.74 Å². The predicted molar refractivity (Wildman–Crippen MR) is 75.4 cm³/mol. The van der Waals surface area contributed by atoms with E-state index in [1.165, 1.54) is 0 Å². The molecule has 0 aromatic heterocycles. The van der Waals surface area contributed by atoms with Crippen molar-refractivity contribution < 1.29 is 4.74 Å². The fourth-order valence-electron chi connectivity index (χ4n) is 1.41. The largest absolute Gasteiger partial charge is 0.456 e. The maximum atomic E-state index is 9.07. The summed E-state index contributed by atoms with van der Waals surface area (Å²) in [5.41, 5.74) is 0.425.